The lowest BCUT2D eigenvalue weighted by atomic mass is 9.99. The zero-order chi connectivity index (χ0) is 13.2. The Morgan fingerprint density at radius 1 is 1.32 bits per heavy atom. The maximum atomic E-state index is 5.93. The van der Waals surface area contributed by atoms with Gasteiger partial charge in [-0.05, 0) is 30.2 Å². The van der Waals surface area contributed by atoms with Crippen molar-refractivity contribution in [2.45, 2.75) is 19.8 Å². The Balaban J connectivity index is 2.27. The van der Waals surface area contributed by atoms with E-state index in [2.05, 4.69) is 40.3 Å². The summed E-state index contributed by atoms with van der Waals surface area (Å²) in [4.78, 5) is 4.18. The highest BCUT2D eigenvalue weighted by atomic mass is 15.1. The summed E-state index contributed by atoms with van der Waals surface area (Å²) >= 11 is 0. The molecule has 3 N–H and O–H groups in total. The van der Waals surface area contributed by atoms with Crippen molar-refractivity contribution in [3.05, 3.63) is 42.2 Å². The van der Waals surface area contributed by atoms with Crippen molar-refractivity contribution < 1.29 is 0 Å². The topological polar surface area (TPSA) is 67.6 Å². The minimum Gasteiger partial charge on any atom is -0.382 e. The molecule has 3 rings (SSSR count). The van der Waals surface area contributed by atoms with Crippen molar-refractivity contribution >= 4 is 16.7 Å². The Kier molecular flexibility index (Phi) is 2.91. The number of nitrogens with two attached hydrogens (primary N) is 1. The van der Waals surface area contributed by atoms with E-state index >= 15 is 0 Å². The number of nitrogens with zero attached hydrogens (tertiary/aromatic N) is 2. The minimum atomic E-state index is 0.554. The van der Waals surface area contributed by atoms with Gasteiger partial charge in [-0.15, -0.1) is 0 Å². The minimum absolute atomic E-state index is 0.554. The van der Waals surface area contributed by atoms with E-state index in [1.807, 2.05) is 12.3 Å². The maximum absolute atomic E-state index is 5.93. The van der Waals surface area contributed by atoms with E-state index in [0.717, 1.165) is 34.9 Å². The second-order valence-electron chi connectivity index (χ2n) is 4.67. The third-order valence-corrected chi connectivity index (χ3v) is 3.27. The molecule has 19 heavy (non-hydrogen) atoms. The maximum Gasteiger partial charge on any atom is 0.153 e. The highest BCUT2D eigenvalue weighted by Gasteiger charge is 2.11. The average Bonchev–Trinajstić information content (AvgIpc) is 2.81. The quantitative estimate of drug-likeness (QED) is 0.752. The summed E-state index contributed by atoms with van der Waals surface area (Å²) in [6, 6.07) is 8.31. The molecule has 3 aromatic rings. The molecular formula is C15H16N4. The van der Waals surface area contributed by atoms with Crippen LogP contribution in [0.15, 0.2) is 36.7 Å². The van der Waals surface area contributed by atoms with Gasteiger partial charge in [0.25, 0.3) is 0 Å². The van der Waals surface area contributed by atoms with Gasteiger partial charge in [0.1, 0.15) is 0 Å². The molecule has 0 aliphatic carbocycles. The first-order valence-corrected chi connectivity index (χ1v) is 6.46. The van der Waals surface area contributed by atoms with Gasteiger partial charge in [0.2, 0.25) is 0 Å². The molecule has 0 saturated carbocycles. The van der Waals surface area contributed by atoms with Crippen LogP contribution in [0.4, 0.5) is 5.82 Å². The second kappa shape index (κ2) is 4.72. The lowest BCUT2D eigenvalue weighted by molar-refractivity contribution is 0.924. The first kappa shape index (κ1) is 11.7. The van der Waals surface area contributed by atoms with Crippen LogP contribution >= 0.6 is 0 Å². The number of pyridine rings is 1. The Morgan fingerprint density at radius 2 is 2.21 bits per heavy atom. The molecule has 1 aromatic carbocycles. The SMILES string of the molecule is CCCc1cc(-c2cccnc2)c2[nH]nc(N)c2c1. The van der Waals surface area contributed by atoms with Gasteiger partial charge in [0, 0.05) is 28.9 Å². The fourth-order valence-corrected chi connectivity index (χ4v) is 2.38. The molecule has 0 unspecified atom stereocenters. The first-order chi connectivity index (χ1) is 9.29. The van der Waals surface area contributed by atoms with Crippen LogP contribution < -0.4 is 5.73 Å². The molecule has 0 radical (unpaired) electrons. The predicted molar refractivity (Wildman–Crippen MR) is 77.7 cm³/mol. The van der Waals surface area contributed by atoms with Gasteiger partial charge >= 0.3 is 0 Å². The summed E-state index contributed by atoms with van der Waals surface area (Å²) in [7, 11) is 0. The van der Waals surface area contributed by atoms with E-state index in [9.17, 15) is 0 Å². The molecule has 0 bridgehead atoms. The highest BCUT2D eigenvalue weighted by molar-refractivity contribution is 5.99. The van der Waals surface area contributed by atoms with Gasteiger partial charge in [-0.2, -0.15) is 5.10 Å². The second-order valence-corrected chi connectivity index (χ2v) is 4.67. The molecule has 0 atom stereocenters. The van der Waals surface area contributed by atoms with Gasteiger partial charge in [0.15, 0.2) is 5.82 Å². The molecule has 96 valence electrons. The lowest BCUT2D eigenvalue weighted by Crippen LogP contribution is -1.89. The van der Waals surface area contributed by atoms with Crippen molar-refractivity contribution in [3.8, 4) is 11.1 Å². The number of rotatable bonds is 3. The number of aromatic amines is 1. The Morgan fingerprint density at radius 3 is 2.95 bits per heavy atom. The summed E-state index contributed by atoms with van der Waals surface area (Å²) < 4.78 is 0. The van der Waals surface area contributed by atoms with E-state index in [1.165, 1.54) is 5.56 Å². The zero-order valence-electron chi connectivity index (χ0n) is 10.9. The number of H-pyrrole nitrogens is 1. The third kappa shape index (κ3) is 2.05. The van der Waals surface area contributed by atoms with Crippen LogP contribution in [0.1, 0.15) is 18.9 Å². The van der Waals surface area contributed by atoms with Gasteiger partial charge < -0.3 is 5.73 Å². The Labute approximate surface area is 111 Å². The van der Waals surface area contributed by atoms with E-state index in [0.29, 0.717) is 5.82 Å². The van der Waals surface area contributed by atoms with Crippen LogP contribution in [0.25, 0.3) is 22.0 Å². The normalized spacial score (nSPS) is 11.0. The molecule has 0 saturated heterocycles. The predicted octanol–water partition coefficient (Wildman–Crippen LogP) is 3.16. The van der Waals surface area contributed by atoms with Crippen LogP contribution in [0, 0.1) is 0 Å². The van der Waals surface area contributed by atoms with Crippen molar-refractivity contribution in [1.29, 1.82) is 0 Å². The van der Waals surface area contributed by atoms with Gasteiger partial charge in [0.05, 0.1) is 5.52 Å². The van der Waals surface area contributed by atoms with Crippen molar-refractivity contribution in [3.63, 3.8) is 0 Å². The molecule has 0 aliphatic rings. The number of hydrogen-bond donors (Lipinski definition) is 2. The molecule has 2 aromatic heterocycles. The standard InChI is InChI=1S/C15H16N4/c1-2-4-10-7-12(11-5-3-6-17-9-11)14-13(8-10)15(16)19-18-14/h3,5-9H,2,4H2,1H3,(H3,16,18,19). The molecule has 0 fully saturated rings. The average molecular weight is 252 g/mol. The van der Waals surface area contributed by atoms with E-state index in [1.54, 1.807) is 6.20 Å². The van der Waals surface area contributed by atoms with Crippen LogP contribution in [-0.2, 0) is 6.42 Å². The van der Waals surface area contributed by atoms with Crippen LogP contribution in [-0.4, -0.2) is 15.2 Å². The number of fused-ring (bicyclic) bond motifs is 1. The molecule has 2 heterocycles. The van der Waals surface area contributed by atoms with Crippen LogP contribution in [0.5, 0.6) is 0 Å². The molecule has 4 nitrogen and oxygen atoms in total. The van der Waals surface area contributed by atoms with Crippen molar-refractivity contribution in [1.82, 2.24) is 15.2 Å². The van der Waals surface area contributed by atoms with Crippen LogP contribution in [0.3, 0.4) is 0 Å². The van der Waals surface area contributed by atoms with E-state index in [-0.39, 0.29) is 0 Å². The molecule has 4 heteroatoms. The number of hydrogen-bond acceptors (Lipinski definition) is 3. The van der Waals surface area contributed by atoms with Crippen molar-refractivity contribution in [2.24, 2.45) is 0 Å². The van der Waals surface area contributed by atoms with Gasteiger partial charge in [-0.3, -0.25) is 10.1 Å². The summed E-state index contributed by atoms with van der Waals surface area (Å²) in [6.07, 6.45) is 5.78. The molecule has 0 aliphatic heterocycles. The number of aromatic nitrogens is 3. The van der Waals surface area contributed by atoms with Gasteiger partial charge in [-0.1, -0.05) is 19.4 Å². The Bertz CT molecular complexity index is 701. The third-order valence-electron chi connectivity index (χ3n) is 3.27. The number of anilines is 1. The fourth-order valence-electron chi connectivity index (χ4n) is 2.38. The smallest absolute Gasteiger partial charge is 0.153 e. The van der Waals surface area contributed by atoms with Crippen LogP contribution in [0.2, 0.25) is 0 Å². The summed E-state index contributed by atoms with van der Waals surface area (Å²) in [5.41, 5.74) is 10.4. The number of aryl methyl sites for hydroxylation is 1. The number of nitrogen functional groups attached to an aromatic ring is 1. The zero-order valence-corrected chi connectivity index (χ0v) is 10.9. The van der Waals surface area contributed by atoms with Crippen molar-refractivity contribution in [2.75, 3.05) is 5.73 Å². The summed E-state index contributed by atoms with van der Waals surface area (Å²) in [5.74, 6) is 0.554. The monoisotopic (exact) mass is 252 g/mol. The molecular weight excluding hydrogens is 236 g/mol. The Hall–Kier alpha value is -2.36. The summed E-state index contributed by atoms with van der Waals surface area (Å²) in [6.45, 7) is 2.17. The number of benzene rings is 1. The van der Waals surface area contributed by atoms with Gasteiger partial charge in [-0.25, -0.2) is 0 Å². The molecule has 0 spiro atoms. The fraction of sp³-hybridized carbons (Fsp3) is 0.200. The largest absolute Gasteiger partial charge is 0.382 e. The van der Waals surface area contributed by atoms with E-state index in [4.69, 9.17) is 5.73 Å². The molecule has 0 amide bonds. The first-order valence-electron chi connectivity index (χ1n) is 6.46. The van der Waals surface area contributed by atoms with E-state index < -0.39 is 0 Å². The number of nitrogens with one attached hydrogen (secondary N) is 1. The summed E-state index contributed by atoms with van der Waals surface area (Å²) in [5, 5.41) is 8.13. The lowest BCUT2D eigenvalue weighted by Gasteiger charge is -2.07. The highest BCUT2D eigenvalue weighted by Crippen LogP contribution is 2.31.